The molecule has 3 heterocycles. The number of aromatic nitrogens is 4. The molecule has 4 heteroatoms. The molecule has 0 aliphatic carbocycles. The highest BCUT2D eigenvalue weighted by atomic mass is 14.9. The molecule has 0 saturated heterocycles. The highest BCUT2D eigenvalue weighted by molar-refractivity contribution is 5.39. The Kier molecular flexibility index (Phi) is 12.3. The Bertz CT molecular complexity index is 1180. The van der Waals surface area contributed by atoms with Gasteiger partial charge in [-0.2, -0.15) is 0 Å². The van der Waals surface area contributed by atoms with Gasteiger partial charge in [0, 0.05) is 34.2 Å². The lowest BCUT2D eigenvalue weighted by molar-refractivity contribution is 0.780. The fourth-order valence-electron chi connectivity index (χ4n) is 4.67. The molecule has 0 spiro atoms. The van der Waals surface area contributed by atoms with Gasteiger partial charge in [-0.15, -0.1) is 0 Å². The first-order valence-corrected chi connectivity index (χ1v) is 14.1. The first kappa shape index (κ1) is 33.4. The third-order valence-corrected chi connectivity index (χ3v) is 7.86. The average Bonchev–Trinajstić information content (AvgIpc) is 2.83. The summed E-state index contributed by atoms with van der Waals surface area (Å²) in [5, 5.41) is 0. The molecule has 0 N–H and O–H groups in total. The van der Waals surface area contributed by atoms with Crippen LogP contribution in [0.1, 0.15) is 138 Å². The highest BCUT2D eigenvalue weighted by Gasteiger charge is 2.12. The van der Waals surface area contributed by atoms with Crippen LogP contribution in [-0.4, -0.2) is 19.9 Å². The van der Waals surface area contributed by atoms with Crippen molar-refractivity contribution >= 4 is 0 Å². The van der Waals surface area contributed by atoms with Crippen LogP contribution in [0.25, 0.3) is 0 Å². The number of aryl methyl sites for hydroxylation is 4. The van der Waals surface area contributed by atoms with Gasteiger partial charge in [0.15, 0.2) is 0 Å². The molecule has 0 fully saturated rings. The predicted molar refractivity (Wildman–Crippen MR) is 165 cm³/mol. The summed E-state index contributed by atoms with van der Waals surface area (Å²) in [6.45, 7) is 36.4. The van der Waals surface area contributed by atoms with Gasteiger partial charge in [-0.25, -0.2) is 9.97 Å². The van der Waals surface area contributed by atoms with Crippen LogP contribution in [0, 0.1) is 76.2 Å². The Morgan fingerprint density at radius 1 is 0.316 bits per heavy atom. The molecule has 0 amide bonds. The van der Waals surface area contributed by atoms with Crippen LogP contribution in [0.4, 0.5) is 0 Å². The van der Waals surface area contributed by atoms with Crippen LogP contribution < -0.4 is 0 Å². The highest BCUT2D eigenvalue weighted by Crippen LogP contribution is 2.24. The molecular formula is C34H54N4. The first-order chi connectivity index (χ1) is 17.4. The second kappa shape index (κ2) is 14.0. The third kappa shape index (κ3) is 8.19. The maximum absolute atomic E-state index is 4.63. The van der Waals surface area contributed by atoms with Gasteiger partial charge in [-0.3, -0.25) is 9.97 Å². The number of hydrogen-bond donors (Lipinski definition) is 0. The van der Waals surface area contributed by atoms with Crippen molar-refractivity contribution in [3.05, 3.63) is 78.9 Å². The van der Waals surface area contributed by atoms with Crippen molar-refractivity contribution in [1.82, 2.24) is 19.9 Å². The lowest BCUT2D eigenvalue weighted by Crippen LogP contribution is -2.03. The van der Waals surface area contributed by atoms with E-state index >= 15 is 0 Å². The molecule has 0 aromatic carbocycles. The number of rotatable bonds is 3. The van der Waals surface area contributed by atoms with E-state index in [9.17, 15) is 0 Å². The van der Waals surface area contributed by atoms with Gasteiger partial charge >= 0.3 is 0 Å². The summed E-state index contributed by atoms with van der Waals surface area (Å²) in [6, 6.07) is 0. The lowest BCUT2D eigenvalue weighted by Gasteiger charge is -2.15. The van der Waals surface area contributed by atoms with E-state index in [1.54, 1.807) is 0 Å². The molecule has 0 radical (unpaired) electrons. The summed E-state index contributed by atoms with van der Waals surface area (Å²) < 4.78 is 0. The molecule has 0 atom stereocenters. The van der Waals surface area contributed by atoms with E-state index in [1.165, 1.54) is 67.4 Å². The Labute approximate surface area is 234 Å². The van der Waals surface area contributed by atoms with Gasteiger partial charge in [0.25, 0.3) is 0 Å². The first-order valence-electron chi connectivity index (χ1n) is 14.1. The molecule has 38 heavy (non-hydrogen) atoms. The number of nitrogens with zero attached hydrogens (tertiary/aromatic N) is 4. The van der Waals surface area contributed by atoms with Crippen LogP contribution in [0.5, 0.6) is 0 Å². The molecular weight excluding hydrogens is 464 g/mol. The van der Waals surface area contributed by atoms with Gasteiger partial charge in [0.05, 0.1) is 0 Å². The van der Waals surface area contributed by atoms with E-state index in [0.717, 1.165) is 11.5 Å². The average molecular weight is 519 g/mol. The predicted octanol–water partition coefficient (Wildman–Crippen LogP) is 9.40. The Morgan fingerprint density at radius 2 is 0.605 bits per heavy atom. The molecule has 0 unspecified atom stereocenters. The largest absolute Gasteiger partial charge is 0.257 e. The smallest absolute Gasteiger partial charge is 0.125 e. The zero-order valence-corrected chi connectivity index (χ0v) is 27.5. The topological polar surface area (TPSA) is 51.6 Å². The van der Waals surface area contributed by atoms with E-state index in [1.807, 2.05) is 13.8 Å². The van der Waals surface area contributed by atoms with Crippen molar-refractivity contribution in [2.24, 2.45) is 0 Å². The molecule has 0 aliphatic rings. The number of hydrogen-bond acceptors (Lipinski definition) is 4. The van der Waals surface area contributed by atoms with Crippen LogP contribution >= 0.6 is 0 Å². The molecule has 3 rings (SSSR count). The van der Waals surface area contributed by atoms with Crippen molar-refractivity contribution in [1.29, 1.82) is 0 Å². The fraction of sp³-hybridized carbons (Fsp3) is 0.588. The van der Waals surface area contributed by atoms with Crippen molar-refractivity contribution in [2.45, 2.75) is 135 Å². The van der Waals surface area contributed by atoms with Crippen molar-refractivity contribution in [3.8, 4) is 0 Å². The van der Waals surface area contributed by atoms with Crippen molar-refractivity contribution in [3.63, 3.8) is 0 Å². The summed E-state index contributed by atoms with van der Waals surface area (Å²) >= 11 is 0. The van der Waals surface area contributed by atoms with E-state index in [4.69, 9.17) is 0 Å². The molecule has 0 saturated carbocycles. The Hall–Kier alpha value is -2.62. The lowest BCUT2D eigenvalue weighted by atomic mass is 9.97. The minimum Gasteiger partial charge on any atom is -0.257 e. The summed E-state index contributed by atoms with van der Waals surface area (Å²) in [6.07, 6.45) is 0. The number of pyridine rings is 2. The minimum atomic E-state index is 0.491. The maximum atomic E-state index is 4.63. The molecule has 3 aromatic rings. The standard InChI is InChI=1S/2C12H19N.C10H16N2/c2*1-7(2)12-10(5)8(3)9(4)11(6)13-12;1-6(2)10-7(3)8(4)11-9(5)12-10/h2*7H,1-6H3;6H,1-5H3. The zero-order chi connectivity index (χ0) is 29.6. The van der Waals surface area contributed by atoms with E-state index in [0.29, 0.717) is 17.8 Å². The summed E-state index contributed by atoms with van der Waals surface area (Å²) in [5.74, 6) is 2.42. The Balaban J connectivity index is 0.000000285. The van der Waals surface area contributed by atoms with Crippen LogP contribution in [0.2, 0.25) is 0 Å². The molecule has 0 bridgehead atoms. The van der Waals surface area contributed by atoms with Gasteiger partial charge < -0.3 is 0 Å². The van der Waals surface area contributed by atoms with Crippen molar-refractivity contribution < 1.29 is 0 Å². The zero-order valence-electron chi connectivity index (χ0n) is 27.5. The van der Waals surface area contributed by atoms with Crippen LogP contribution in [-0.2, 0) is 0 Å². The normalized spacial score (nSPS) is 10.9. The molecule has 4 nitrogen and oxygen atoms in total. The summed E-state index contributed by atoms with van der Waals surface area (Å²) in [5.41, 5.74) is 16.6. The monoisotopic (exact) mass is 518 g/mol. The quantitative estimate of drug-likeness (QED) is 0.346. The summed E-state index contributed by atoms with van der Waals surface area (Å²) in [4.78, 5) is 18.0. The summed E-state index contributed by atoms with van der Waals surface area (Å²) in [7, 11) is 0. The Morgan fingerprint density at radius 3 is 0.921 bits per heavy atom. The minimum absolute atomic E-state index is 0.491. The molecule has 210 valence electrons. The van der Waals surface area contributed by atoms with E-state index in [2.05, 4.69) is 124 Å². The van der Waals surface area contributed by atoms with Crippen LogP contribution in [0.15, 0.2) is 0 Å². The van der Waals surface area contributed by atoms with Gasteiger partial charge in [0.1, 0.15) is 5.82 Å². The van der Waals surface area contributed by atoms with E-state index < -0.39 is 0 Å². The van der Waals surface area contributed by atoms with E-state index in [-0.39, 0.29) is 0 Å². The molecule has 0 aliphatic heterocycles. The third-order valence-electron chi connectivity index (χ3n) is 7.86. The van der Waals surface area contributed by atoms with Crippen LogP contribution in [0.3, 0.4) is 0 Å². The van der Waals surface area contributed by atoms with Crippen molar-refractivity contribution in [2.75, 3.05) is 0 Å². The van der Waals surface area contributed by atoms with Gasteiger partial charge in [0.2, 0.25) is 0 Å². The van der Waals surface area contributed by atoms with Gasteiger partial charge in [-0.05, 0) is 133 Å². The van der Waals surface area contributed by atoms with Gasteiger partial charge in [-0.1, -0.05) is 41.5 Å². The molecule has 3 aromatic heterocycles. The SMILES string of the molecule is Cc1nc(C(C)C)c(C)c(C)c1C.Cc1nc(C(C)C)c(C)c(C)c1C.Cc1nc(C)c(C)c(C(C)C)n1. The second-order valence-corrected chi connectivity index (χ2v) is 11.7. The maximum Gasteiger partial charge on any atom is 0.125 e. The second-order valence-electron chi connectivity index (χ2n) is 11.7. The fourth-order valence-corrected chi connectivity index (χ4v) is 4.67.